The van der Waals surface area contributed by atoms with Gasteiger partial charge in [0.05, 0.1) is 29.0 Å². The van der Waals surface area contributed by atoms with Crippen LogP contribution >= 0.6 is 0 Å². The van der Waals surface area contributed by atoms with Crippen LogP contribution in [0.1, 0.15) is 61.6 Å². The van der Waals surface area contributed by atoms with E-state index in [4.69, 9.17) is 23.9 Å². The first-order chi connectivity index (χ1) is 23.3. The van der Waals surface area contributed by atoms with E-state index in [1.54, 1.807) is 0 Å². The lowest BCUT2D eigenvalue weighted by Gasteiger charge is -2.29. The molecule has 48 heavy (non-hydrogen) atoms. The molecule has 2 N–H and O–H groups in total. The Morgan fingerprint density at radius 3 is 2.56 bits per heavy atom. The quantitative estimate of drug-likeness (QED) is 0.158. The lowest BCUT2D eigenvalue weighted by molar-refractivity contribution is -0.376. The maximum absolute atomic E-state index is 9.76. The first kappa shape index (κ1) is 32.0. The van der Waals surface area contributed by atoms with Crippen molar-refractivity contribution < 1.29 is 23.9 Å². The number of hydroxylamine groups is 2. The van der Waals surface area contributed by atoms with E-state index in [2.05, 4.69) is 83.4 Å². The highest BCUT2D eigenvalue weighted by Crippen LogP contribution is 2.48. The molecule has 2 fully saturated rings. The van der Waals surface area contributed by atoms with Crippen LogP contribution < -0.4 is 25.5 Å². The van der Waals surface area contributed by atoms with Gasteiger partial charge in [-0.15, -0.1) is 0 Å². The van der Waals surface area contributed by atoms with Crippen molar-refractivity contribution in [3.8, 4) is 28.7 Å². The molecule has 4 aromatic rings. The van der Waals surface area contributed by atoms with E-state index >= 15 is 0 Å². The third-order valence-corrected chi connectivity index (χ3v) is 9.59. The summed E-state index contributed by atoms with van der Waals surface area (Å²) in [6.07, 6.45) is 4.07. The topological polar surface area (TPSA) is 117 Å². The smallest absolute Gasteiger partial charge is 0.208 e. The van der Waals surface area contributed by atoms with E-state index in [9.17, 15) is 5.26 Å². The summed E-state index contributed by atoms with van der Waals surface area (Å²) in [6, 6.07) is 23.6. The highest BCUT2D eigenvalue weighted by molar-refractivity contribution is 5.76. The normalized spacial score (nSPS) is 18.7. The average Bonchev–Trinajstić information content (AvgIpc) is 3.68. The molecule has 1 aliphatic carbocycles. The van der Waals surface area contributed by atoms with E-state index in [-0.39, 0.29) is 5.41 Å². The van der Waals surface area contributed by atoms with Gasteiger partial charge >= 0.3 is 0 Å². The number of hydrogen-bond donors (Lipinski definition) is 2. The number of aromatic nitrogens is 1. The van der Waals surface area contributed by atoms with Gasteiger partial charge in [-0.1, -0.05) is 42.0 Å². The van der Waals surface area contributed by atoms with Crippen LogP contribution in [-0.2, 0) is 15.1 Å². The molecule has 7 rings (SSSR count). The van der Waals surface area contributed by atoms with Crippen molar-refractivity contribution in [1.29, 1.82) is 5.26 Å². The third-order valence-electron chi connectivity index (χ3n) is 9.59. The maximum Gasteiger partial charge on any atom is 0.208 e. The zero-order valence-electron chi connectivity index (χ0n) is 27.9. The van der Waals surface area contributed by atoms with Crippen LogP contribution in [-0.4, -0.2) is 36.3 Å². The Bertz CT molecular complexity index is 1770. The Labute approximate surface area is 281 Å². The molecule has 3 heterocycles. The average molecular weight is 651 g/mol. The number of aryl methyl sites for hydroxylation is 3. The summed E-state index contributed by atoms with van der Waals surface area (Å²) in [6.45, 7) is 10.6. The van der Waals surface area contributed by atoms with Crippen molar-refractivity contribution in [2.45, 2.75) is 71.4 Å². The highest BCUT2D eigenvalue weighted by Gasteiger charge is 2.44. The monoisotopic (exact) mass is 650 g/mol. The van der Waals surface area contributed by atoms with E-state index < -0.39 is 6.23 Å². The van der Waals surface area contributed by atoms with Gasteiger partial charge in [-0.2, -0.15) is 5.26 Å². The second-order valence-corrected chi connectivity index (χ2v) is 13.1. The Morgan fingerprint density at radius 2 is 1.85 bits per heavy atom. The molecule has 2 atom stereocenters. The molecule has 11 nitrogen and oxygen atoms in total. The second-order valence-electron chi connectivity index (χ2n) is 13.1. The first-order valence-corrected chi connectivity index (χ1v) is 16.7. The van der Waals surface area contributed by atoms with Gasteiger partial charge in [-0.05, 0) is 99.4 Å². The van der Waals surface area contributed by atoms with Gasteiger partial charge < -0.3 is 24.4 Å². The minimum atomic E-state index is -0.407. The summed E-state index contributed by atoms with van der Waals surface area (Å²) in [7, 11) is 0. The SMILES string of the molecule is Cc1ccc(-c2c(C)noc2C)cc1N(CCC(C)CCNc1ccc2c(c1)ON(C1CCONO1)O2)c1ccc(C2(C#N)CC2)cc1. The van der Waals surface area contributed by atoms with Crippen molar-refractivity contribution in [3.63, 3.8) is 0 Å². The van der Waals surface area contributed by atoms with Crippen molar-refractivity contribution in [3.05, 3.63) is 83.2 Å². The minimum absolute atomic E-state index is 0.307. The minimum Gasteiger partial charge on any atom is -0.385 e. The fraction of sp³-hybridized carbons (Fsp3) is 0.405. The van der Waals surface area contributed by atoms with Gasteiger partial charge in [0.25, 0.3) is 0 Å². The summed E-state index contributed by atoms with van der Waals surface area (Å²) < 4.78 is 5.50. The molecule has 250 valence electrons. The summed E-state index contributed by atoms with van der Waals surface area (Å²) >= 11 is 0. The molecule has 3 aliphatic rings. The van der Waals surface area contributed by atoms with E-state index in [0.29, 0.717) is 30.4 Å². The lowest BCUT2D eigenvalue weighted by atomic mass is 9.96. The van der Waals surface area contributed by atoms with Crippen LogP contribution in [0, 0.1) is 38.0 Å². The molecule has 2 unspecified atom stereocenters. The highest BCUT2D eigenvalue weighted by atomic mass is 17.0. The molecule has 11 heteroatoms. The molecule has 2 aliphatic heterocycles. The van der Waals surface area contributed by atoms with Gasteiger partial charge in [0.2, 0.25) is 6.23 Å². The van der Waals surface area contributed by atoms with E-state index in [1.807, 2.05) is 32.0 Å². The second kappa shape index (κ2) is 13.5. The van der Waals surface area contributed by atoms with Crippen LogP contribution in [0.4, 0.5) is 17.1 Å². The van der Waals surface area contributed by atoms with Gasteiger partial charge in [0.15, 0.2) is 11.5 Å². The zero-order valence-corrected chi connectivity index (χ0v) is 27.9. The number of benzene rings is 3. The molecule has 3 aromatic carbocycles. The third kappa shape index (κ3) is 6.57. The van der Waals surface area contributed by atoms with Crippen LogP contribution in [0.2, 0.25) is 0 Å². The van der Waals surface area contributed by atoms with Crippen LogP contribution in [0.5, 0.6) is 11.5 Å². The van der Waals surface area contributed by atoms with Crippen molar-refractivity contribution in [1.82, 2.24) is 16.0 Å². The molecule has 0 spiro atoms. The molecular formula is C37H42N6O5. The van der Waals surface area contributed by atoms with Crippen molar-refractivity contribution >= 4 is 17.1 Å². The molecule has 0 amide bonds. The maximum atomic E-state index is 9.76. The Hall–Kier alpha value is -4.60. The predicted octanol–water partition coefficient (Wildman–Crippen LogP) is 7.57. The van der Waals surface area contributed by atoms with E-state index in [1.165, 1.54) is 10.8 Å². The molecule has 0 radical (unpaired) electrons. The van der Waals surface area contributed by atoms with Crippen LogP contribution in [0.25, 0.3) is 11.1 Å². The van der Waals surface area contributed by atoms with Gasteiger partial charge in [-0.3, -0.25) is 9.68 Å². The summed E-state index contributed by atoms with van der Waals surface area (Å²) in [5, 5.41) is 18.9. The number of nitrogens with zero attached hydrogens (tertiary/aromatic N) is 4. The van der Waals surface area contributed by atoms with E-state index in [0.717, 1.165) is 84.0 Å². The fourth-order valence-electron chi connectivity index (χ4n) is 6.44. The summed E-state index contributed by atoms with van der Waals surface area (Å²) in [5.74, 6) is 2.56. The van der Waals surface area contributed by atoms with Crippen LogP contribution in [0.3, 0.4) is 0 Å². The lowest BCUT2D eigenvalue weighted by Crippen LogP contribution is -2.46. The molecule has 0 bridgehead atoms. The first-order valence-electron chi connectivity index (χ1n) is 16.7. The number of nitrogens with one attached hydrogen (secondary N) is 2. The standard InChI is InChI=1S/C37H42N6O5/c1-24(13-18-39-30-9-12-33-34(22-30)48-43(47-33)35-15-20-44-41-46-35)14-19-42(31-10-7-29(8-11-31)37(23-38)16-17-37)32-21-28(6-5-25(32)2)36-26(3)40-45-27(36)4/h5-12,21-22,24,35,39,41H,13-20H2,1-4H3. The van der Waals surface area contributed by atoms with Gasteiger partial charge in [-0.25, -0.2) is 0 Å². The summed E-state index contributed by atoms with van der Waals surface area (Å²) in [5.41, 5.74) is 10.7. The number of nitriles is 1. The van der Waals surface area contributed by atoms with Crippen molar-refractivity contribution in [2.75, 3.05) is 29.9 Å². The molecule has 1 saturated heterocycles. The molecule has 1 saturated carbocycles. The van der Waals surface area contributed by atoms with Gasteiger partial charge in [0, 0.05) is 48.2 Å². The molecule has 1 aromatic heterocycles. The predicted molar refractivity (Wildman–Crippen MR) is 181 cm³/mol. The van der Waals surface area contributed by atoms with Crippen LogP contribution in [0.15, 0.2) is 65.2 Å². The zero-order chi connectivity index (χ0) is 33.3. The van der Waals surface area contributed by atoms with Crippen molar-refractivity contribution in [2.24, 2.45) is 5.92 Å². The number of anilines is 3. The van der Waals surface area contributed by atoms with Gasteiger partial charge in [0.1, 0.15) is 5.76 Å². The summed E-state index contributed by atoms with van der Waals surface area (Å²) in [4.78, 5) is 24.4. The number of fused-ring (bicyclic) bond motifs is 1. The fourth-order valence-corrected chi connectivity index (χ4v) is 6.44. The Kier molecular flexibility index (Phi) is 8.98. The number of rotatable bonds is 12. The molecular weight excluding hydrogens is 608 g/mol. The Morgan fingerprint density at radius 1 is 1.04 bits per heavy atom. The number of hydrogen-bond acceptors (Lipinski definition) is 11. The largest absolute Gasteiger partial charge is 0.385 e. The Balaban J connectivity index is 1.02.